The molecule has 0 fully saturated rings. The van der Waals surface area contributed by atoms with Crippen molar-refractivity contribution in [2.75, 3.05) is 33.9 Å². The smallest absolute Gasteiger partial charge is 0.221 e. The number of methoxy groups -OCH3 is 1. The lowest BCUT2D eigenvalue weighted by atomic mass is 10.2. The molecule has 0 saturated carbocycles. The van der Waals surface area contributed by atoms with Crippen molar-refractivity contribution in [3.05, 3.63) is 24.3 Å². The molecule has 1 unspecified atom stereocenters. The number of aliphatic imine (C=N–C) groups is 1. The van der Waals surface area contributed by atoms with Gasteiger partial charge in [0.25, 0.3) is 0 Å². The monoisotopic (exact) mass is 350 g/mol. The van der Waals surface area contributed by atoms with Crippen LogP contribution in [0, 0.1) is 0 Å². The molecule has 0 aromatic heterocycles. The van der Waals surface area contributed by atoms with E-state index in [4.69, 9.17) is 9.47 Å². The summed E-state index contributed by atoms with van der Waals surface area (Å²) in [5.41, 5.74) is 0. The first-order valence-corrected chi connectivity index (χ1v) is 8.59. The van der Waals surface area contributed by atoms with E-state index in [2.05, 4.69) is 20.9 Å². The SMILES string of the molecule is CCC(C)NC(=O)CCNC(=NC)NCCOc1ccc(OC)cc1. The van der Waals surface area contributed by atoms with Crippen LogP contribution in [0.4, 0.5) is 0 Å². The lowest BCUT2D eigenvalue weighted by Gasteiger charge is -2.14. The molecule has 25 heavy (non-hydrogen) atoms. The van der Waals surface area contributed by atoms with Crippen molar-refractivity contribution < 1.29 is 14.3 Å². The molecule has 1 aromatic carbocycles. The molecule has 1 aromatic rings. The van der Waals surface area contributed by atoms with Gasteiger partial charge in [0, 0.05) is 26.1 Å². The minimum Gasteiger partial charge on any atom is -0.497 e. The number of carbonyl (C=O) groups is 1. The Bertz CT molecular complexity index is 532. The summed E-state index contributed by atoms with van der Waals surface area (Å²) in [6, 6.07) is 7.64. The van der Waals surface area contributed by atoms with E-state index in [0.717, 1.165) is 17.9 Å². The van der Waals surface area contributed by atoms with Gasteiger partial charge in [0.1, 0.15) is 18.1 Å². The Morgan fingerprint density at radius 1 is 1.16 bits per heavy atom. The second-order valence-corrected chi connectivity index (χ2v) is 5.58. The van der Waals surface area contributed by atoms with Crippen molar-refractivity contribution in [3.8, 4) is 11.5 Å². The summed E-state index contributed by atoms with van der Waals surface area (Å²) >= 11 is 0. The number of ether oxygens (including phenoxy) is 2. The highest BCUT2D eigenvalue weighted by Gasteiger charge is 2.05. The predicted octanol–water partition coefficient (Wildman–Crippen LogP) is 1.54. The van der Waals surface area contributed by atoms with Gasteiger partial charge >= 0.3 is 0 Å². The number of guanidine groups is 1. The van der Waals surface area contributed by atoms with E-state index in [0.29, 0.717) is 32.1 Å². The summed E-state index contributed by atoms with van der Waals surface area (Å²) in [7, 11) is 3.32. The van der Waals surface area contributed by atoms with Crippen LogP contribution < -0.4 is 25.4 Å². The molecule has 140 valence electrons. The van der Waals surface area contributed by atoms with Gasteiger partial charge in [-0.05, 0) is 37.6 Å². The third-order valence-corrected chi connectivity index (χ3v) is 3.61. The summed E-state index contributed by atoms with van der Waals surface area (Å²) in [4.78, 5) is 15.8. The molecule has 0 aliphatic carbocycles. The van der Waals surface area contributed by atoms with Crippen LogP contribution in [0.25, 0.3) is 0 Å². The van der Waals surface area contributed by atoms with Crippen molar-refractivity contribution in [1.29, 1.82) is 0 Å². The Balaban J connectivity index is 2.18. The van der Waals surface area contributed by atoms with Gasteiger partial charge in [-0.3, -0.25) is 9.79 Å². The molecular formula is C18H30N4O3. The number of amides is 1. The second-order valence-electron chi connectivity index (χ2n) is 5.58. The normalized spacial score (nSPS) is 12.2. The average Bonchev–Trinajstić information content (AvgIpc) is 2.63. The Kier molecular flexibility index (Phi) is 9.89. The van der Waals surface area contributed by atoms with Gasteiger partial charge in [-0.25, -0.2) is 0 Å². The molecule has 1 rings (SSSR count). The fourth-order valence-corrected chi connectivity index (χ4v) is 1.97. The maximum atomic E-state index is 11.7. The molecule has 0 aliphatic heterocycles. The molecule has 1 amide bonds. The quantitative estimate of drug-likeness (QED) is 0.339. The fourth-order valence-electron chi connectivity index (χ4n) is 1.97. The fraction of sp³-hybridized carbons (Fsp3) is 0.556. The molecule has 7 heteroatoms. The number of nitrogens with zero attached hydrogens (tertiary/aromatic N) is 1. The zero-order chi connectivity index (χ0) is 18.5. The number of rotatable bonds is 10. The maximum absolute atomic E-state index is 11.7. The maximum Gasteiger partial charge on any atom is 0.221 e. The Labute approximate surface area is 150 Å². The van der Waals surface area contributed by atoms with Crippen LogP contribution in [-0.2, 0) is 4.79 Å². The summed E-state index contributed by atoms with van der Waals surface area (Å²) in [6.45, 7) is 5.67. The average molecular weight is 350 g/mol. The van der Waals surface area contributed by atoms with E-state index in [1.807, 2.05) is 38.1 Å². The van der Waals surface area contributed by atoms with Gasteiger partial charge in [0.2, 0.25) is 5.91 Å². The summed E-state index contributed by atoms with van der Waals surface area (Å²) in [5, 5.41) is 9.19. The molecular weight excluding hydrogens is 320 g/mol. The van der Waals surface area contributed by atoms with Gasteiger partial charge in [-0.2, -0.15) is 0 Å². The zero-order valence-electron chi connectivity index (χ0n) is 15.6. The van der Waals surface area contributed by atoms with E-state index in [-0.39, 0.29) is 11.9 Å². The van der Waals surface area contributed by atoms with E-state index in [1.165, 1.54) is 0 Å². The predicted molar refractivity (Wildman–Crippen MR) is 100 cm³/mol. The van der Waals surface area contributed by atoms with Crippen molar-refractivity contribution in [2.45, 2.75) is 32.7 Å². The Hall–Kier alpha value is -2.44. The highest BCUT2D eigenvalue weighted by Crippen LogP contribution is 2.16. The van der Waals surface area contributed by atoms with E-state index < -0.39 is 0 Å². The third kappa shape index (κ3) is 8.83. The van der Waals surface area contributed by atoms with Gasteiger partial charge in [-0.1, -0.05) is 6.92 Å². The van der Waals surface area contributed by atoms with Crippen molar-refractivity contribution in [2.24, 2.45) is 4.99 Å². The van der Waals surface area contributed by atoms with Crippen LogP contribution in [0.2, 0.25) is 0 Å². The number of nitrogens with one attached hydrogen (secondary N) is 3. The van der Waals surface area contributed by atoms with E-state index in [1.54, 1.807) is 14.2 Å². The number of carbonyl (C=O) groups excluding carboxylic acids is 1. The zero-order valence-corrected chi connectivity index (χ0v) is 15.6. The van der Waals surface area contributed by atoms with Crippen molar-refractivity contribution in [1.82, 2.24) is 16.0 Å². The Morgan fingerprint density at radius 3 is 2.40 bits per heavy atom. The molecule has 0 spiro atoms. The summed E-state index contributed by atoms with van der Waals surface area (Å²) in [5.74, 6) is 2.27. The molecule has 0 heterocycles. The highest BCUT2D eigenvalue weighted by molar-refractivity contribution is 5.81. The molecule has 3 N–H and O–H groups in total. The first kappa shape index (κ1) is 20.6. The van der Waals surface area contributed by atoms with Crippen molar-refractivity contribution in [3.63, 3.8) is 0 Å². The molecule has 1 atom stereocenters. The first-order chi connectivity index (χ1) is 12.1. The standard InChI is InChI=1S/C18H30N4O3/c1-5-14(2)22-17(23)10-11-20-18(19-3)21-12-13-25-16-8-6-15(24-4)7-9-16/h6-9,14H,5,10-13H2,1-4H3,(H,22,23)(H2,19,20,21). The number of benzene rings is 1. The number of hydrogen-bond acceptors (Lipinski definition) is 4. The minimum absolute atomic E-state index is 0.0418. The van der Waals surface area contributed by atoms with Crippen molar-refractivity contribution >= 4 is 11.9 Å². The van der Waals surface area contributed by atoms with Gasteiger partial charge in [0.15, 0.2) is 5.96 Å². The van der Waals surface area contributed by atoms with Crippen LogP contribution in [0.5, 0.6) is 11.5 Å². The summed E-state index contributed by atoms with van der Waals surface area (Å²) < 4.78 is 10.7. The molecule has 7 nitrogen and oxygen atoms in total. The first-order valence-electron chi connectivity index (χ1n) is 8.59. The van der Waals surface area contributed by atoms with Gasteiger partial charge in [-0.15, -0.1) is 0 Å². The van der Waals surface area contributed by atoms with E-state index in [9.17, 15) is 4.79 Å². The third-order valence-electron chi connectivity index (χ3n) is 3.61. The molecule has 0 saturated heterocycles. The molecule has 0 radical (unpaired) electrons. The highest BCUT2D eigenvalue weighted by atomic mass is 16.5. The lowest BCUT2D eigenvalue weighted by molar-refractivity contribution is -0.121. The van der Waals surface area contributed by atoms with Crippen LogP contribution in [-0.4, -0.2) is 51.8 Å². The Morgan fingerprint density at radius 2 is 1.80 bits per heavy atom. The van der Waals surface area contributed by atoms with Crippen LogP contribution in [0.1, 0.15) is 26.7 Å². The molecule has 0 bridgehead atoms. The lowest BCUT2D eigenvalue weighted by Crippen LogP contribution is -2.41. The van der Waals surface area contributed by atoms with E-state index >= 15 is 0 Å². The largest absolute Gasteiger partial charge is 0.497 e. The van der Waals surface area contributed by atoms with Crippen LogP contribution in [0.15, 0.2) is 29.3 Å². The van der Waals surface area contributed by atoms with Gasteiger partial charge in [0.05, 0.1) is 13.7 Å². The number of hydrogen-bond donors (Lipinski definition) is 3. The second kappa shape index (κ2) is 12.0. The summed E-state index contributed by atoms with van der Waals surface area (Å²) in [6.07, 6.45) is 1.34. The minimum atomic E-state index is 0.0418. The van der Waals surface area contributed by atoms with Crippen LogP contribution >= 0.6 is 0 Å². The topological polar surface area (TPSA) is 84.0 Å². The van der Waals surface area contributed by atoms with Gasteiger partial charge < -0.3 is 25.4 Å². The molecule has 0 aliphatic rings. The van der Waals surface area contributed by atoms with Crippen LogP contribution in [0.3, 0.4) is 0 Å².